The second-order valence-corrected chi connectivity index (χ2v) is 8.76. The van der Waals surface area contributed by atoms with Gasteiger partial charge in [-0.05, 0) is 42.0 Å². The van der Waals surface area contributed by atoms with Gasteiger partial charge in [0.25, 0.3) is 0 Å². The normalized spacial score (nSPS) is 15.8. The van der Waals surface area contributed by atoms with E-state index in [2.05, 4.69) is 20.1 Å². The van der Waals surface area contributed by atoms with Crippen LogP contribution in [0.2, 0.25) is 0 Å². The third-order valence-electron chi connectivity index (χ3n) is 5.47. The SMILES string of the molecule is O=C(CCn1ccc2ccc(OCc3ccccc3)cc21)Nc1nnc([C@H]2CCCO2)s1. The van der Waals surface area contributed by atoms with Gasteiger partial charge in [0.2, 0.25) is 11.0 Å². The Balaban J connectivity index is 1.19. The topological polar surface area (TPSA) is 78.3 Å². The zero-order valence-corrected chi connectivity index (χ0v) is 18.4. The van der Waals surface area contributed by atoms with E-state index >= 15 is 0 Å². The monoisotopic (exact) mass is 448 g/mol. The van der Waals surface area contributed by atoms with Gasteiger partial charge in [-0.3, -0.25) is 4.79 Å². The fraction of sp³-hybridized carbons (Fsp3) is 0.292. The molecule has 0 bridgehead atoms. The molecule has 1 N–H and O–H groups in total. The summed E-state index contributed by atoms with van der Waals surface area (Å²) in [4.78, 5) is 12.5. The van der Waals surface area contributed by atoms with Gasteiger partial charge in [0.15, 0.2) is 0 Å². The molecule has 0 radical (unpaired) electrons. The minimum Gasteiger partial charge on any atom is -0.489 e. The van der Waals surface area contributed by atoms with Gasteiger partial charge in [-0.15, -0.1) is 10.2 Å². The first-order valence-corrected chi connectivity index (χ1v) is 11.6. The number of fused-ring (bicyclic) bond motifs is 1. The molecule has 1 atom stereocenters. The van der Waals surface area contributed by atoms with Crippen molar-refractivity contribution in [3.05, 3.63) is 71.4 Å². The van der Waals surface area contributed by atoms with Crippen LogP contribution >= 0.6 is 11.3 Å². The molecule has 1 aliphatic rings. The summed E-state index contributed by atoms with van der Waals surface area (Å²) in [5.41, 5.74) is 2.17. The van der Waals surface area contributed by atoms with Crippen molar-refractivity contribution in [3.8, 4) is 5.75 Å². The van der Waals surface area contributed by atoms with Gasteiger partial charge in [-0.2, -0.15) is 0 Å². The van der Waals surface area contributed by atoms with Crippen LogP contribution in [0, 0.1) is 0 Å². The van der Waals surface area contributed by atoms with E-state index in [0.29, 0.717) is 24.7 Å². The molecule has 1 amide bonds. The summed E-state index contributed by atoms with van der Waals surface area (Å²) in [6.45, 7) is 1.84. The average Bonchev–Trinajstić information content (AvgIpc) is 3.58. The van der Waals surface area contributed by atoms with E-state index in [9.17, 15) is 4.79 Å². The molecule has 3 heterocycles. The summed E-state index contributed by atoms with van der Waals surface area (Å²) < 4.78 is 13.7. The van der Waals surface area contributed by atoms with Gasteiger partial charge in [0.05, 0.1) is 5.52 Å². The summed E-state index contributed by atoms with van der Waals surface area (Å²) in [6.07, 6.45) is 4.35. The van der Waals surface area contributed by atoms with Gasteiger partial charge in [0, 0.05) is 31.8 Å². The van der Waals surface area contributed by atoms with Crippen molar-refractivity contribution in [2.45, 2.75) is 38.5 Å². The molecule has 1 aliphatic heterocycles. The molecule has 32 heavy (non-hydrogen) atoms. The number of carbonyl (C=O) groups excluding carboxylic acids is 1. The molecule has 0 unspecified atom stereocenters. The minimum absolute atomic E-state index is 0.0164. The van der Waals surface area contributed by atoms with Crippen LogP contribution in [0.5, 0.6) is 5.75 Å². The van der Waals surface area contributed by atoms with E-state index in [1.807, 2.05) is 60.8 Å². The predicted octanol–water partition coefficient (Wildman–Crippen LogP) is 4.95. The van der Waals surface area contributed by atoms with Crippen molar-refractivity contribution in [2.75, 3.05) is 11.9 Å². The number of aryl methyl sites for hydroxylation is 1. The molecule has 8 heteroatoms. The smallest absolute Gasteiger partial charge is 0.227 e. The molecule has 2 aromatic carbocycles. The van der Waals surface area contributed by atoms with Crippen LogP contribution in [0.3, 0.4) is 0 Å². The number of amides is 1. The Morgan fingerprint density at radius 1 is 1.19 bits per heavy atom. The summed E-state index contributed by atoms with van der Waals surface area (Å²) in [6, 6.07) is 18.2. The first kappa shape index (κ1) is 20.7. The molecule has 0 saturated carbocycles. The quantitative estimate of drug-likeness (QED) is 0.413. The third-order valence-corrected chi connectivity index (χ3v) is 6.40. The number of carbonyl (C=O) groups is 1. The van der Waals surface area contributed by atoms with Gasteiger partial charge in [-0.1, -0.05) is 41.7 Å². The van der Waals surface area contributed by atoms with Crippen LogP contribution in [0.4, 0.5) is 5.13 Å². The highest BCUT2D eigenvalue weighted by atomic mass is 32.1. The van der Waals surface area contributed by atoms with Crippen LogP contribution in [-0.4, -0.2) is 27.3 Å². The van der Waals surface area contributed by atoms with Crippen LogP contribution in [0.25, 0.3) is 10.9 Å². The van der Waals surface area contributed by atoms with Gasteiger partial charge in [0.1, 0.15) is 23.5 Å². The molecule has 164 valence electrons. The van der Waals surface area contributed by atoms with E-state index in [1.54, 1.807) is 0 Å². The van der Waals surface area contributed by atoms with Crippen molar-refractivity contribution in [3.63, 3.8) is 0 Å². The van der Waals surface area contributed by atoms with Gasteiger partial charge in [-0.25, -0.2) is 0 Å². The maximum absolute atomic E-state index is 12.5. The summed E-state index contributed by atoms with van der Waals surface area (Å²) in [5, 5.41) is 13.6. The maximum Gasteiger partial charge on any atom is 0.227 e. The predicted molar refractivity (Wildman–Crippen MR) is 124 cm³/mol. The highest BCUT2D eigenvalue weighted by Crippen LogP contribution is 2.32. The van der Waals surface area contributed by atoms with Crippen molar-refractivity contribution in [1.82, 2.24) is 14.8 Å². The second-order valence-electron chi connectivity index (χ2n) is 7.75. The van der Waals surface area contributed by atoms with Gasteiger partial charge < -0.3 is 19.4 Å². The van der Waals surface area contributed by atoms with E-state index in [0.717, 1.165) is 46.7 Å². The molecule has 1 saturated heterocycles. The van der Waals surface area contributed by atoms with Crippen LogP contribution in [-0.2, 0) is 22.7 Å². The fourth-order valence-corrected chi connectivity index (χ4v) is 4.62. The first-order chi connectivity index (χ1) is 15.7. The number of hydrogen-bond acceptors (Lipinski definition) is 6. The molecule has 0 aliphatic carbocycles. The number of nitrogens with one attached hydrogen (secondary N) is 1. The fourth-order valence-electron chi connectivity index (χ4n) is 3.78. The molecule has 2 aromatic heterocycles. The largest absolute Gasteiger partial charge is 0.489 e. The zero-order valence-electron chi connectivity index (χ0n) is 17.6. The minimum atomic E-state index is -0.0848. The average molecular weight is 449 g/mol. The van der Waals surface area contributed by atoms with Crippen LogP contribution in [0.15, 0.2) is 60.8 Å². The highest BCUT2D eigenvalue weighted by Gasteiger charge is 2.22. The lowest BCUT2D eigenvalue weighted by Gasteiger charge is -2.09. The number of benzene rings is 2. The molecule has 5 rings (SSSR count). The maximum atomic E-state index is 12.5. The third kappa shape index (κ3) is 4.81. The van der Waals surface area contributed by atoms with Crippen molar-refractivity contribution in [2.24, 2.45) is 0 Å². The Bertz CT molecular complexity index is 1200. The molecular weight excluding hydrogens is 424 g/mol. The van der Waals surface area contributed by atoms with Crippen LogP contribution < -0.4 is 10.1 Å². The molecule has 7 nitrogen and oxygen atoms in total. The lowest BCUT2D eigenvalue weighted by molar-refractivity contribution is -0.116. The highest BCUT2D eigenvalue weighted by molar-refractivity contribution is 7.15. The van der Waals surface area contributed by atoms with Crippen molar-refractivity contribution >= 4 is 33.3 Å². The Kier molecular flexibility index (Phi) is 6.13. The Morgan fingerprint density at radius 2 is 2.09 bits per heavy atom. The Morgan fingerprint density at radius 3 is 2.94 bits per heavy atom. The first-order valence-electron chi connectivity index (χ1n) is 10.7. The number of rotatable bonds is 8. The summed E-state index contributed by atoms with van der Waals surface area (Å²) >= 11 is 1.39. The number of aromatic nitrogens is 3. The van der Waals surface area contributed by atoms with E-state index < -0.39 is 0 Å². The standard InChI is InChI=1S/C24H24N4O3S/c29-22(25-24-27-26-23(32-24)21-7-4-14-30-21)11-13-28-12-10-18-8-9-19(15-20(18)28)31-16-17-5-2-1-3-6-17/h1-3,5-6,8-10,12,15,21H,4,7,11,13-14,16H2,(H,25,27,29)/t21-/m1/s1. The number of ether oxygens (including phenoxy) is 2. The number of nitrogens with zero attached hydrogens (tertiary/aromatic N) is 3. The number of anilines is 1. The Hall–Kier alpha value is -3.23. The van der Waals surface area contributed by atoms with Gasteiger partial charge >= 0.3 is 0 Å². The summed E-state index contributed by atoms with van der Waals surface area (Å²) in [7, 11) is 0. The van der Waals surface area contributed by atoms with Crippen molar-refractivity contribution in [1.29, 1.82) is 0 Å². The lowest BCUT2D eigenvalue weighted by Crippen LogP contribution is -2.14. The van der Waals surface area contributed by atoms with E-state index in [4.69, 9.17) is 9.47 Å². The van der Waals surface area contributed by atoms with Crippen LogP contribution in [0.1, 0.15) is 35.9 Å². The Labute approximate surface area is 190 Å². The number of hydrogen-bond donors (Lipinski definition) is 1. The molecule has 4 aromatic rings. The molecule has 1 fully saturated rings. The second kappa shape index (κ2) is 9.50. The van der Waals surface area contributed by atoms with E-state index in [-0.39, 0.29) is 12.0 Å². The summed E-state index contributed by atoms with van der Waals surface area (Å²) in [5.74, 6) is 0.722. The van der Waals surface area contributed by atoms with Crippen molar-refractivity contribution < 1.29 is 14.3 Å². The zero-order chi connectivity index (χ0) is 21.8. The lowest BCUT2D eigenvalue weighted by atomic mass is 10.2. The van der Waals surface area contributed by atoms with E-state index in [1.165, 1.54) is 11.3 Å². The molecular formula is C24H24N4O3S. The molecule has 0 spiro atoms.